The van der Waals surface area contributed by atoms with Crippen LogP contribution in [-0.4, -0.2) is 49.8 Å². The van der Waals surface area contributed by atoms with E-state index in [-0.39, 0.29) is 0 Å². The number of ether oxygens (including phenoxy) is 1. The van der Waals surface area contributed by atoms with Crippen molar-refractivity contribution in [2.24, 2.45) is 5.41 Å². The van der Waals surface area contributed by atoms with Gasteiger partial charge in [0, 0.05) is 38.4 Å². The summed E-state index contributed by atoms with van der Waals surface area (Å²) in [6.45, 7) is 8.19. The summed E-state index contributed by atoms with van der Waals surface area (Å²) in [5.74, 6) is 0. The quantitative estimate of drug-likeness (QED) is 0.838. The molecule has 2 aliphatic heterocycles. The number of hydrogen-bond acceptors (Lipinski definition) is 3. The Morgan fingerprint density at radius 1 is 1.10 bits per heavy atom. The molecule has 3 rings (SSSR count). The Labute approximate surface area is 124 Å². The van der Waals surface area contributed by atoms with Crippen molar-refractivity contribution in [2.75, 3.05) is 32.8 Å². The van der Waals surface area contributed by atoms with Gasteiger partial charge >= 0.3 is 0 Å². The molecule has 1 saturated carbocycles. The number of rotatable bonds is 5. The molecule has 116 valence electrons. The summed E-state index contributed by atoms with van der Waals surface area (Å²) in [5.41, 5.74) is 0.472. The van der Waals surface area contributed by atoms with Gasteiger partial charge in [-0.1, -0.05) is 12.8 Å². The van der Waals surface area contributed by atoms with Gasteiger partial charge in [0.1, 0.15) is 0 Å². The van der Waals surface area contributed by atoms with Crippen molar-refractivity contribution < 1.29 is 4.74 Å². The van der Waals surface area contributed by atoms with Gasteiger partial charge in [-0.2, -0.15) is 0 Å². The average Bonchev–Trinajstić information content (AvgIpc) is 3.29. The van der Waals surface area contributed by atoms with Gasteiger partial charge in [-0.05, 0) is 57.4 Å². The molecule has 3 heteroatoms. The second-order valence-electron chi connectivity index (χ2n) is 7.44. The summed E-state index contributed by atoms with van der Waals surface area (Å²) in [4.78, 5) is 2.78. The Bertz CT molecular complexity index is 297. The Morgan fingerprint density at radius 3 is 2.65 bits per heavy atom. The SMILES string of the molecule is CC1CCCCCN1CC1(CNC2CC2)CCOCC1. The predicted molar refractivity (Wildman–Crippen MR) is 83.0 cm³/mol. The lowest BCUT2D eigenvalue weighted by Gasteiger charge is -2.43. The molecule has 3 aliphatic rings. The first-order valence-electron chi connectivity index (χ1n) is 8.83. The van der Waals surface area contributed by atoms with Crippen LogP contribution in [0.25, 0.3) is 0 Å². The van der Waals surface area contributed by atoms with E-state index < -0.39 is 0 Å². The Kier molecular flexibility index (Phi) is 5.00. The molecule has 0 bridgehead atoms. The number of nitrogens with one attached hydrogen (secondary N) is 1. The molecule has 1 N–H and O–H groups in total. The van der Waals surface area contributed by atoms with E-state index in [9.17, 15) is 0 Å². The van der Waals surface area contributed by atoms with Crippen LogP contribution >= 0.6 is 0 Å². The van der Waals surface area contributed by atoms with Crippen LogP contribution < -0.4 is 5.32 Å². The van der Waals surface area contributed by atoms with Crippen molar-refractivity contribution in [3.05, 3.63) is 0 Å². The van der Waals surface area contributed by atoms with Crippen LogP contribution in [0.1, 0.15) is 58.3 Å². The van der Waals surface area contributed by atoms with Crippen LogP contribution in [0, 0.1) is 5.41 Å². The summed E-state index contributed by atoms with van der Waals surface area (Å²) in [6.07, 6.45) is 10.9. The molecule has 0 aromatic heterocycles. The van der Waals surface area contributed by atoms with Gasteiger partial charge < -0.3 is 15.0 Å². The molecule has 20 heavy (non-hydrogen) atoms. The lowest BCUT2D eigenvalue weighted by atomic mass is 9.79. The highest BCUT2D eigenvalue weighted by Gasteiger charge is 2.37. The summed E-state index contributed by atoms with van der Waals surface area (Å²) >= 11 is 0. The van der Waals surface area contributed by atoms with Crippen LogP contribution in [0.15, 0.2) is 0 Å². The summed E-state index contributed by atoms with van der Waals surface area (Å²) in [7, 11) is 0. The normalized spacial score (nSPS) is 31.9. The first-order valence-corrected chi connectivity index (χ1v) is 8.83. The first-order chi connectivity index (χ1) is 9.77. The fourth-order valence-electron chi connectivity index (χ4n) is 3.84. The van der Waals surface area contributed by atoms with E-state index in [1.165, 1.54) is 71.0 Å². The fourth-order valence-corrected chi connectivity index (χ4v) is 3.84. The van der Waals surface area contributed by atoms with Gasteiger partial charge in [0.15, 0.2) is 0 Å². The standard InChI is InChI=1S/C17H32N2O/c1-15-5-3-2-4-10-19(15)14-17(8-11-20-12-9-17)13-18-16-6-7-16/h15-16,18H,2-14H2,1H3. The van der Waals surface area contributed by atoms with Crippen molar-refractivity contribution in [1.82, 2.24) is 10.2 Å². The Morgan fingerprint density at radius 2 is 1.90 bits per heavy atom. The van der Waals surface area contributed by atoms with Crippen LogP contribution in [0.3, 0.4) is 0 Å². The predicted octanol–water partition coefficient (Wildman–Crippen LogP) is 2.80. The number of likely N-dealkylation sites (tertiary alicyclic amines) is 1. The van der Waals surface area contributed by atoms with E-state index in [1.54, 1.807) is 0 Å². The molecule has 3 nitrogen and oxygen atoms in total. The molecule has 0 aromatic carbocycles. The zero-order valence-electron chi connectivity index (χ0n) is 13.2. The molecule has 2 heterocycles. The fraction of sp³-hybridized carbons (Fsp3) is 1.00. The summed E-state index contributed by atoms with van der Waals surface area (Å²) in [5, 5.41) is 3.80. The average molecular weight is 280 g/mol. The molecule has 1 aliphatic carbocycles. The molecule has 0 aromatic rings. The second kappa shape index (κ2) is 6.76. The van der Waals surface area contributed by atoms with E-state index in [1.807, 2.05) is 0 Å². The Hall–Kier alpha value is -0.120. The third-order valence-electron chi connectivity index (χ3n) is 5.63. The molecule has 2 saturated heterocycles. The topological polar surface area (TPSA) is 24.5 Å². The van der Waals surface area contributed by atoms with Crippen LogP contribution in [0.4, 0.5) is 0 Å². The maximum atomic E-state index is 5.64. The highest BCUT2D eigenvalue weighted by molar-refractivity contribution is 4.92. The van der Waals surface area contributed by atoms with Crippen molar-refractivity contribution in [2.45, 2.75) is 70.4 Å². The molecule has 0 amide bonds. The van der Waals surface area contributed by atoms with Crippen molar-refractivity contribution in [3.63, 3.8) is 0 Å². The van der Waals surface area contributed by atoms with Crippen LogP contribution in [0.2, 0.25) is 0 Å². The van der Waals surface area contributed by atoms with E-state index >= 15 is 0 Å². The van der Waals surface area contributed by atoms with Gasteiger partial charge in [0.2, 0.25) is 0 Å². The molecule has 1 unspecified atom stereocenters. The maximum Gasteiger partial charge on any atom is 0.0472 e. The minimum absolute atomic E-state index is 0.472. The van der Waals surface area contributed by atoms with E-state index in [4.69, 9.17) is 4.74 Å². The summed E-state index contributed by atoms with van der Waals surface area (Å²) in [6, 6.07) is 1.61. The lowest BCUT2D eigenvalue weighted by molar-refractivity contribution is -0.0104. The molecule has 1 atom stereocenters. The molecule has 0 radical (unpaired) electrons. The zero-order chi connectivity index (χ0) is 13.8. The van der Waals surface area contributed by atoms with E-state index in [2.05, 4.69) is 17.1 Å². The molecule has 0 spiro atoms. The maximum absolute atomic E-state index is 5.64. The lowest BCUT2D eigenvalue weighted by Crippen LogP contribution is -2.49. The van der Waals surface area contributed by atoms with Gasteiger partial charge in [-0.25, -0.2) is 0 Å². The largest absolute Gasteiger partial charge is 0.381 e. The number of nitrogens with zero attached hydrogens (tertiary/aromatic N) is 1. The highest BCUT2D eigenvalue weighted by atomic mass is 16.5. The van der Waals surface area contributed by atoms with Crippen molar-refractivity contribution in [1.29, 1.82) is 0 Å². The van der Waals surface area contributed by atoms with Crippen LogP contribution in [-0.2, 0) is 4.74 Å². The van der Waals surface area contributed by atoms with Crippen LogP contribution in [0.5, 0.6) is 0 Å². The molecular weight excluding hydrogens is 248 g/mol. The molecule has 3 fully saturated rings. The first kappa shape index (κ1) is 14.8. The zero-order valence-corrected chi connectivity index (χ0v) is 13.2. The summed E-state index contributed by atoms with van der Waals surface area (Å²) < 4.78 is 5.64. The molecular formula is C17H32N2O. The van der Waals surface area contributed by atoms with Crippen molar-refractivity contribution >= 4 is 0 Å². The highest BCUT2D eigenvalue weighted by Crippen LogP contribution is 2.34. The van der Waals surface area contributed by atoms with Gasteiger partial charge in [-0.15, -0.1) is 0 Å². The van der Waals surface area contributed by atoms with E-state index in [0.29, 0.717) is 5.41 Å². The van der Waals surface area contributed by atoms with Crippen molar-refractivity contribution in [3.8, 4) is 0 Å². The third-order valence-corrected chi connectivity index (χ3v) is 5.63. The minimum Gasteiger partial charge on any atom is -0.381 e. The third kappa shape index (κ3) is 3.96. The van der Waals surface area contributed by atoms with Gasteiger partial charge in [0.05, 0.1) is 0 Å². The minimum atomic E-state index is 0.472. The van der Waals surface area contributed by atoms with E-state index in [0.717, 1.165) is 25.3 Å². The monoisotopic (exact) mass is 280 g/mol. The second-order valence-corrected chi connectivity index (χ2v) is 7.44. The van der Waals surface area contributed by atoms with Gasteiger partial charge in [0.25, 0.3) is 0 Å². The Balaban J connectivity index is 1.60. The van der Waals surface area contributed by atoms with Gasteiger partial charge in [-0.3, -0.25) is 0 Å². The smallest absolute Gasteiger partial charge is 0.0472 e. The number of hydrogen-bond donors (Lipinski definition) is 1.